The van der Waals surface area contributed by atoms with Gasteiger partial charge in [0.25, 0.3) is 0 Å². The first-order valence-electron chi connectivity index (χ1n) is 21.2. The van der Waals surface area contributed by atoms with Crippen molar-refractivity contribution in [1.82, 2.24) is 0 Å². The first-order valence-corrected chi connectivity index (χ1v) is 22.1. The number of anilines is 1. The van der Waals surface area contributed by atoms with Crippen molar-refractivity contribution in [3.05, 3.63) is 231 Å². The normalized spacial score (nSPS) is 19.3. The Bertz CT molecular complexity index is 2310. The number of benzene rings is 6. The molecule has 1 saturated heterocycles. The van der Waals surface area contributed by atoms with Crippen molar-refractivity contribution in [3.63, 3.8) is 0 Å². The molecule has 8 rings (SSSR count). The van der Waals surface area contributed by atoms with E-state index < -0.39 is 30.5 Å². The summed E-state index contributed by atoms with van der Waals surface area (Å²) in [6.45, 7) is 1.88. The quantitative estimate of drug-likeness (QED) is 0.0809. The third kappa shape index (κ3) is 11.3. The van der Waals surface area contributed by atoms with Gasteiger partial charge in [-0.05, 0) is 57.3 Å². The van der Waals surface area contributed by atoms with E-state index in [0.717, 1.165) is 39.9 Å². The van der Waals surface area contributed by atoms with Gasteiger partial charge in [0, 0.05) is 36.1 Å². The maximum absolute atomic E-state index is 7.45. The lowest BCUT2D eigenvalue weighted by Gasteiger charge is -2.47. The Labute approximate surface area is 365 Å². The maximum Gasteiger partial charge on any atom is 0.117 e. The van der Waals surface area contributed by atoms with Crippen LogP contribution in [0.1, 0.15) is 55.8 Å². The molecule has 0 bridgehead atoms. The van der Waals surface area contributed by atoms with Crippen LogP contribution in [0.3, 0.4) is 0 Å². The second kappa shape index (κ2) is 21.4. The van der Waals surface area contributed by atoms with Gasteiger partial charge >= 0.3 is 0 Å². The van der Waals surface area contributed by atoms with Gasteiger partial charge in [-0.3, -0.25) is 0 Å². The number of ether oxygens (including phenoxy) is 5. The molecule has 6 atom stereocenters. The minimum atomic E-state index is -0.557. The van der Waals surface area contributed by atoms with Gasteiger partial charge in [0.15, 0.2) is 0 Å². The van der Waals surface area contributed by atoms with E-state index in [9.17, 15) is 0 Å². The lowest BCUT2D eigenvalue weighted by Crippen LogP contribution is -2.58. The number of nitrogens with zero attached hydrogens (tertiary/aromatic N) is 1. The van der Waals surface area contributed by atoms with Crippen LogP contribution in [0.15, 0.2) is 187 Å². The molecule has 1 unspecified atom stereocenters. The third-order valence-corrected chi connectivity index (χ3v) is 12.3. The molecule has 1 aliphatic heterocycles. The fourth-order valence-corrected chi connectivity index (χ4v) is 9.04. The van der Waals surface area contributed by atoms with Crippen molar-refractivity contribution in [2.45, 2.75) is 69.3 Å². The standard InChI is InChI=1S/C54H55NO5S/c1-55(2)48-31-30-45(46(50-29-18-32-61-50)33-40-19-8-3-9-20-40)34-47(48)51-53(58-37-43-25-14-6-15-26-43)54(59-38-44-27-16-7-17-28-44)52(57-36-42-23-12-5-13-24-42)49(60-51)39-56-35-41-21-10-4-11-22-41/h3-32,34,46,49,51-54H,33,35-39H2,1-2H3/t46?,49-,51+,52-,53+,54+/m1/s1. The number of rotatable bonds is 19. The molecule has 0 radical (unpaired) electrons. The molecule has 6 aromatic carbocycles. The predicted octanol–water partition coefficient (Wildman–Crippen LogP) is 11.6. The largest absolute Gasteiger partial charge is 0.377 e. The summed E-state index contributed by atoms with van der Waals surface area (Å²) in [5.41, 5.74) is 8.91. The van der Waals surface area contributed by atoms with Crippen molar-refractivity contribution in [2.75, 3.05) is 25.6 Å². The Morgan fingerprint density at radius 2 is 1.02 bits per heavy atom. The third-order valence-electron chi connectivity index (χ3n) is 11.3. The molecule has 1 aromatic heterocycles. The lowest BCUT2D eigenvalue weighted by atomic mass is 9.85. The molecule has 2 heterocycles. The molecule has 7 heteroatoms. The summed E-state index contributed by atoms with van der Waals surface area (Å²) in [7, 11) is 4.19. The van der Waals surface area contributed by atoms with Gasteiger partial charge < -0.3 is 28.6 Å². The van der Waals surface area contributed by atoms with Crippen molar-refractivity contribution in [2.24, 2.45) is 0 Å². The van der Waals surface area contributed by atoms with Crippen LogP contribution in [0.2, 0.25) is 0 Å². The van der Waals surface area contributed by atoms with E-state index in [1.54, 1.807) is 11.3 Å². The molecular weight excluding hydrogens is 775 g/mol. The molecule has 0 aliphatic carbocycles. The van der Waals surface area contributed by atoms with E-state index in [1.165, 1.54) is 16.0 Å². The van der Waals surface area contributed by atoms with Crippen LogP contribution in [0.4, 0.5) is 5.69 Å². The van der Waals surface area contributed by atoms with Gasteiger partial charge in [0.2, 0.25) is 0 Å². The van der Waals surface area contributed by atoms with E-state index in [2.05, 4.69) is 134 Å². The average Bonchev–Trinajstić information content (AvgIpc) is 3.85. The lowest BCUT2D eigenvalue weighted by molar-refractivity contribution is -0.275. The van der Waals surface area contributed by atoms with E-state index >= 15 is 0 Å². The monoisotopic (exact) mass is 829 g/mol. The van der Waals surface area contributed by atoms with Crippen LogP contribution < -0.4 is 4.90 Å². The first kappa shape index (κ1) is 42.3. The Morgan fingerprint density at radius 1 is 0.525 bits per heavy atom. The molecule has 0 spiro atoms. The zero-order valence-corrected chi connectivity index (χ0v) is 35.8. The van der Waals surface area contributed by atoms with E-state index in [0.29, 0.717) is 33.0 Å². The molecule has 0 N–H and O–H groups in total. The van der Waals surface area contributed by atoms with Crippen LogP contribution >= 0.6 is 11.3 Å². The first-order chi connectivity index (χ1) is 30.1. The summed E-state index contributed by atoms with van der Waals surface area (Å²) in [6.07, 6.45) is -1.78. The second-order valence-electron chi connectivity index (χ2n) is 15.8. The molecule has 61 heavy (non-hydrogen) atoms. The maximum atomic E-state index is 7.45. The van der Waals surface area contributed by atoms with Gasteiger partial charge in [0.1, 0.15) is 30.5 Å². The number of thiophene rings is 1. The van der Waals surface area contributed by atoms with Crippen LogP contribution in [0, 0.1) is 0 Å². The van der Waals surface area contributed by atoms with E-state index in [-0.39, 0.29) is 5.92 Å². The molecule has 7 aromatic rings. The molecule has 0 saturated carbocycles. The summed E-state index contributed by atoms with van der Waals surface area (Å²) < 4.78 is 35.3. The number of hydrogen-bond acceptors (Lipinski definition) is 7. The Kier molecular flexibility index (Phi) is 14.9. The minimum absolute atomic E-state index is 0.140. The van der Waals surface area contributed by atoms with E-state index in [1.807, 2.05) is 72.8 Å². The summed E-state index contributed by atoms with van der Waals surface area (Å²) in [5, 5.41) is 2.17. The molecule has 1 aliphatic rings. The van der Waals surface area contributed by atoms with Gasteiger partial charge in [-0.15, -0.1) is 11.3 Å². The van der Waals surface area contributed by atoms with Gasteiger partial charge in [-0.25, -0.2) is 0 Å². The summed E-state index contributed by atoms with van der Waals surface area (Å²) >= 11 is 1.80. The highest BCUT2D eigenvalue weighted by atomic mass is 32.1. The van der Waals surface area contributed by atoms with Crippen LogP contribution in [-0.2, 0) is 56.5 Å². The summed E-state index contributed by atoms with van der Waals surface area (Å²) in [4.78, 5) is 3.49. The average molecular weight is 830 g/mol. The smallest absolute Gasteiger partial charge is 0.117 e. The van der Waals surface area contributed by atoms with Gasteiger partial charge in [-0.2, -0.15) is 0 Å². The summed E-state index contributed by atoms with van der Waals surface area (Å²) in [6, 6.07) is 63.3. The van der Waals surface area contributed by atoms with Crippen molar-refractivity contribution < 1.29 is 23.7 Å². The van der Waals surface area contributed by atoms with Crippen LogP contribution in [0.5, 0.6) is 0 Å². The van der Waals surface area contributed by atoms with Crippen molar-refractivity contribution in [3.8, 4) is 0 Å². The highest BCUT2D eigenvalue weighted by Gasteiger charge is 2.49. The Hall–Kier alpha value is -5.38. The van der Waals surface area contributed by atoms with Crippen LogP contribution in [0.25, 0.3) is 0 Å². The second-order valence-corrected chi connectivity index (χ2v) is 16.8. The molecule has 0 amide bonds. The Balaban J connectivity index is 1.23. The highest BCUT2D eigenvalue weighted by molar-refractivity contribution is 7.10. The molecule has 6 nitrogen and oxygen atoms in total. The highest BCUT2D eigenvalue weighted by Crippen LogP contribution is 2.44. The molecule has 312 valence electrons. The fourth-order valence-electron chi connectivity index (χ4n) is 8.19. The molecular formula is C54H55NO5S. The number of hydrogen-bond donors (Lipinski definition) is 0. The minimum Gasteiger partial charge on any atom is -0.377 e. The topological polar surface area (TPSA) is 49.4 Å². The van der Waals surface area contributed by atoms with Crippen molar-refractivity contribution >= 4 is 17.0 Å². The predicted molar refractivity (Wildman–Crippen MR) is 246 cm³/mol. The van der Waals surface area contributed by atoms with Crippen molar-refractivity contribution in [1.29, 1.82) is 0 Å². The SMILES string of the molecule is CN(C)c1ccc(C(Cc2ccccc2)c2cccs2)cc1[C@@H]1O[C@H](COCc2ccccc2)[C@@H](OCc2ccccc2)[C@H](OCc2ccccc2)[C@H]1OCc1ccccc1. The summed E-state index contributed by atoms with van der Waals surface area (Å²) in [5.74, 6) is 0.140. The Morgan fingerprint density at radius 3 is 1.52 bits per heavy atom. The zero-order chi connectivity index (χ0) is 41.6. The fraction of sp³-hybridized carbons (Fsp3) is 0.259. The van der Waals surface area contributed by atoms with Gasteiger partial charge in [-0.1, -0.05) is 170 Å². The van der Waals surface area contributed by atoms with Gasteiger partial charge in [0.05, 0.1) is 33.0 Å². The van der Waals surface area contributed by atoms with E-state index in [4.69, 9.17) is 23.7 Å². The zero-order valence-electron chi connectivity index (χ0n) is 35.0. The molecule has 1 fully saturated rings. The van der Waals surface area contributed by atoms with Crippen LogP contribution in [-0.4, -0.2) is 45.1 Å².